The summed E-state index contributed by atoms with van der Waals surface area (Å²) in [6.45, 7) is 9.24. The van der Waals surface area contributed by atoms with E-state index in [4.69, 9.17) is 9.47 Å². The number of guanidine groups is 1. The summed E-state index contributed by atoms with van der Waals surface area (Å²) in [7, 11) is 1.77. The van der Waals surface area contributed by atoms with Crippen LogP contribution in [0.15, 0.2) is 29.3 Å². The molecule has 1 aliphatic heterocycles. The van der Waals surface area contributed by atoms with Crippen molar-refractivity contribution < 1.29 is 14.3 Å². The zero-order valence-corrected chi connectivity index (χ0v) is 20.3. The van der Waals surface area contributed by atoms with Gasteiger partial charge >= 0.3 is 6.09 Å². The highest BCUT2D eigenvalue weighted by atomic mass is 127. The predicted molar refractivity (Wildman–Crippen MR) is 127 cm³/mol. The van der Waals surface area contributed by atoms with Gasteiger partial charge in [0.05, 0.1) is 13.2 Å². The normalized spacial score (nSPS) is 14.9. The minimum Gasteiger partial charge on any atom is -0.493 e. The summed E-state index contributed by atoms with van der Waals surface area (Å²) >= 11 is 0. The zero-order chi connectivity index (χ0) is 20.4. The summed E-state index contributed by atoms with van der Waals surface area (Å²) in [6, 6.07) is 8.35. The van der Waals surface area contributed by atoms with Gasteiger partial charge < -0.3 is 25.0 Å². The quantitative estimate of drug-likeness (QED) is 0.328. The monoisotopic (exact) mass is 518 g/mol. The van der Waals surface area contributed by atoms with E-state index in [0.717, 1.165) is 30.1 Å². The largest absolute Gasteiger partial charge is 0.493 e. The summed E-state index contributed by atoms with van der Waals surface area (Å²) in [5.74, 6) is 2.14. The van der Waals surface area contributed by atoms with Crippen LogP contribution in [0.4, 0.5) is 4.79 Å². The number of piperidine rings is 1. The highest BCUT2D eigenvalue weighted by Crippen LogP contribution is 2.18. The van der Waals surface area contributed by atoms with Gasteiger partial charge in [-0.25, -0.2) is 4.79 Å². The van der Waals surface area contributed by atoms with Crippen LogP contribution < -0.4 is 15.4 Å². The van der Waals surface area contributed by atoms with E-state index >= 15 is 0 Å². The van der Waals surface area contributed by atoms with Crippen LogP contribution in [0.5, 0.6) is 5.75 Å². The van der Waals surface area contributed by atoms with Gasteiger partial charge in [0.2, 0.25) is 0 Å². The molecule has 2 N–H and O–H groups in total. The van der Waals surface area contributed by atoms with Crippen molar-refractivity contribution in [3.63, 3.8) is 0 Å². The number of halogens is 1. The molecule has 0 unspecified atom stereocenters. The van der Waals surface area contributed by atoms with Crippen LogP contribution in [0, 0.1) is 5.92 Å². The number of amides is 1. The molecule has 2 rings (SSSR count). The molecule has 1 aliphatic rings. The van der Waals surface area contributed by atoms with Crippen LogP contribution >= 0.6 is 24.0 Å². The highest BCUT2D eigenvalue weighted by molar-refractivity contribution is 14.0. The van der Waals surface area contributed by atoms with E-state index in [0.29, 0.717) is 38.8 Å². The van der Waals surface area contributed by atoms with Gasteiger partial charge in [0.25, 0.3) is 0 Å². The molecule has 1 amide bonds. The average Bonchev–Trinajstić information content (AvgIpc) is 2.70. The number of nitrogens with one attached hydrogen (secondary N) is 2. The second-order valence-electron chi connectivity index (χ2n) is 7.34. The Balaban J connectivity index is 0.00000420. The summed E-state index contributed by atoms with van der Waals surface area (Å²) in [4.78, 5) is 17.9. The molecular weight excluding hydrogens is 483 g/mol. The molecule has 29 heavy (non-hydrogen) atoms. The van der Waals surface area contributed by atoms with Crippen LogP contribution in [0.1, 0.15) is 39.2 Å². The fraction of sp³-hybridized carbons (Fsp3) is 0.619. The Hall–Kier alpha value is -1.71. The molecule has 164 valence electrons. The van der Waals surface area contributed by atoms with Gasteiger partial charge in [0.15, 0.2) is 5.96 Å². The molecule has 1 aromatic carbocycles. The van der Waals surface area contributed by atoms with Crippen LogP contribution in [-0.4, -0.2) is 56.3 Å². The van der Waals surface area contributed by atoms with E-state index in [2.05, 4.69) is 35.5 Å². The molecule has 0 spiro atoms. The first-order valence-electron chi connectivity index (χ1n) is 10.1. The second kappa shape index (κ2) is 13.5. The maximum absolute atomic E-state index is 11.8. The van der Waals surface area contributed by atoms with Gasteiger partial charge in [-0.15, -0.1) is 24.0 Å². The molecule has 0 aromatic heterocycles. The number of hydrogen-bond acceptors (Lipinski definition) is 4. The number of hydrogen-bond donors (Lipinski definition) is 2. The number of para-hydroxylation sites is 1. The maximum atomic E-state index is 11.8. The molecule has 1 saturated heterocycles. The lowest BCUT2D eigenvalue weighted by atomic mass is 10.1. The van der Waals surface area contributed by atoms with Crippen molar-refractivity contribution in [3.8, 4) is 5.75 Å². The Morgan fingerprint density at radius 1 is 1.28 bits per heavy atom. The van der Waals surface area contributed by atoms with E-state index < -0.39 is 0 Å². The first-order chi connectivity index (χ1) is 13.5. The predicted octanol–water partition coefficient (Wildman–Crippen LogP) is 3.63. The third kappa shape index (κ3) is 8.67. The molecule has 0 radical (unpaired) electrons. The molecule has 1 aromatic rings. The van der Waals surface area contributed by atoms with Gasteiger partial charge in [-0.2, -0.15) is 0 Å². The van der Waals surface area contributed by atoms with Gasteiger partial charge in [-0.1, -0.05) is 32.0 Å². The topological polar surface area (TPSA) is 75.2 Å². The van der Waals surface area contributed by atoms with E-state index in [-0.39, 0.29) is 36.1 Å². The van der Waals surface area contributed by atoms with E-state index in [9.17, 15) is 4.79 Å². The number of rotatable bonds is 7. The highest BCUT2D eigenvalue weighted by Gasteiger charge is 2.24. The first-order valence-corrected chi connectivity index (χ1v) is 10.1. The summed E-state index contributed by atoms with van der Waals surface area (Å²) < 4.78 is 11.0. The van der Waals surface area contributed by atoms with Crippen molar-refractivity contribution in [1.82, 2.24) is 15.5 Å². The minimum atomic E-state index is -0.221. The van der Waals surface area contributed by atoms with Crippen molar-refractivity contribution >= 4 is 36.0 Å². The van der Waals surface area contributed by atoms with Crippen LogP contribution in [0.3, 0.4) is 0 Å². The van der Waals surface area contributed by atoms with Crippen molar-refractivity contribution in [1.29, 1.82) is 0 Å². The lowest BCUT2D eigenvalue weighted by Crippen LogP contribution is -2.49. The second-order valence-corrected chi connectivity index (χ2v) is 7.34. The molecule has 0 bridgehead atoms. The minimum absolute atomic E-state index is 0. The lowest BCUT2D eigenvalue weighted by molar-refractivity contribution is 0.0963. The van der Waals surface area contributed by atoms with Gasteiger partial charge in [0.1, 0.15) is 5.75 Å². The zero-order valence-electron chi connectivity index (χ0n) is 17.9. The average molecular weight is 518 g/mol. The fourth-order valence-corrected chi connectivity index (χ4v) is 3.04. The smallest absolute Gasteiger partial charge is 0.409 e. The summed E-state index contributed by atoms with van der Waals surface area (Å²) in [5.41, 5.74) is 1.10. The van der Waals surface area contributed by atoms with Crippen molar-refractivity contribution in [2.24, 2.45) is 10.9 Å². The number of carbonyl (C=O) groups is 1. The van der Waals surface area contributed by atoms with Gasteiger partial charge in [0, 0.05) is 38.3 Å². The number of benzene rings is 1. The SMILES string of the molecule is CCOC(=O)N1CCC(NC(=NC)NCc2ccccc2OCC(C)C)CC1.I. The number of nitrogens with zero attached hydrogens (tertiary/aromatic N) is 2. The van der Waals surface area contributed by atoms with Crippen molar-refractivity contribution in [2.75, 3.05) is 33.4 Å². The summed E-state index contributed by atoms with van der Waals surface area (Å²) in [5, 5.41) is 6.83. The molecule has 0 saturated carbocycles. The van der Waals surface area contributed by atoms with E-state index in [1.54, 1.807) is 11.9 Å². The Morgan fingerprint density at radius 3 is 2.59 bits per heavy atom. The Bertz CT molecular complexity index is 647. The molecule has 7 nitrogen and oxygen atoms in total. The third-order valence-electron chi connectivity index (χ3n) is 4.58. The van der Waals surface area contributed by atoms with E-state index in [1.807, 2.05) is 25.1 Å². The fourth-order valence-electron chi connectivity index (χ4n) is 3.04. The van der Waals surface area contributed by atoms with Crippen LogP contribution in [0.25, 0.3) is 0 Å². The standard InChI is InChI=1S/C21H34N4O3.HI/c1-5-27-21(26)25-12-10-18(11-13-25)24-20(22-4)23-14-17-8-6-7-9-19(17)28-15-16(2)3;/h6-9,16,18H,5,10-15H2,1-4H3,(H2,22,23,24);1H. The summed E-state index contributed by atoms with van der Waals surface area (Å²) in [6.07, 6.45) is 1.52. The Kier molecular flexibility index (Phi) is 11.8. The molecule has 1 fully saturated rings. The third-order valence-corrected chi connectivity index (χ3v) is 4.58. The molecule has 0 atom stereocenters. The number of carbonyl (C=O) groups excluding carboxylic acids is 1. The van der Waals surface area contributed by atoms with Crippen LogP contribution in [-0.2, 0) is 11.3 Å². The van der Waals surface area contributed by atoms with Crippen LogP contribution in [0.2, 0.25) is 0 Å². The van der Waals surface area contributed by atoms with Gasteiger partial charge in [-0.3, -0.25) is 4.99 Å². The van der Waals surface area contributed by atoms with E-state index in [1.165, 1.54) is 0 Å². The lowest BCUT2D eigenvalue weighted by Gasteiger charge is -2.32. The Labute approximate surface area is 191 Å². The molecular formula is C21H35IN4O3. The van der Waals surface area contributed by atoms with Crippen molar-refractivity contribution in [2.45, 2.75) is 46.2 Å². The molecule has 0 aliphatic carbocycles. The number of aliphatic imine (C=N–C) groups is 1. The molecule has 1 heterocycles. The van der Waals surface area contributed by atoms with Crippen molar-refractivity contribution in [3.05, 3.63) is 29.8 Å². The maximum Gasteiger partial charge on any atom is 0.409 e. The first kappa shape index (κ1) is 25.3. The number of likely N-dealkylation sites (tertiary alicyclic amines) is 1. The Morgan fingerprint density at radius 2 is 1.97 bits per heavy atom. The molecule has 8 heteroatoms. The van der Waals surface area contributed by atoms with Gasteiger partial charge in [-0.05, 0) is 31.7 Å². The number of ether oxygens (including phenoxy) is 2.